The fourth-order valence-corrected chi connectivity index (χ4v) is 3.94. The molecule has 1 aromatic heterocycles. The van der Waals surface area contributed by atoms with Gasteiger partial charge in [-0.1, -0.05) is 23.7 Å². The second kappa shape index (κ2) is 8.54. The predicted molar refractivity (Wildman–Crippen MR) is 102 cm³/mol. The monoisotopic (exact) mass is 376 g/mol. The molecular weight excluding hydrogens is 356 g/mol. The van der Waals surface area contributed by atoms with Crippen LogP contribution in [0.3, 0.4) is 0 Å². The van der Waals surface area contributed by atoms with Gasteiger partial charge in [0.15, 0.2) is 0 Å². The lowest BCUT2D eigenvalue weighted by molar-refractivity contribution is -0.121. The van der Waals surface area contributed by atoms with Gasteiger partial charge in [-0.15, -0.1) is 11.8 Å². The van der Waals surface area contributed by atoms with E-state index in [0.29, 0.717) is 5.02 Å². The van der Waals surface area contributed by atoms with Crippen LogP contribution < -0.4 is 10.2 Å². The van der Waals surface area contributed by atoms with E-state index in [2.05, 4.69) is 20.2 Å². The minimum atomic E-state index is -0.185. The molecule has 7 heteroatoms. The summed E-state index contributed by atoms with van der Waals surface area (Å²) in [5.74, 6) is 0.814. The molecule has 1 atom stereocenters. The highest BCUT2D eigenvalue weighted by atomic mass is 35.5. The Hall–Kier alpha value is -1.79. The van der Waals surface area contributed by atoms with E-state index in [1.54, 1.807) is 12.4 Å². The van der Waals surface area contributed by atoms with Crippen LogP contribution in [0.5, 0.6) is 0 Å². The standard InChI is InChI=1S/C18H21ClN4OS/c1-13(25-16-6-3-2-5-15(16)19)17(24)22-14-7-11-23(12-8-14)18-20-9-4-10-21-18/h2-6,9-10,13-14H,7-8,11-12H2,1H3,(H,22,24). The van der Waals surface area contributed by atoms with Gasteiger partial charge in [0.25, 0.3) is 0 Å². The minimum absolute atomic E-state index is 0.0549. The topological polar surface area (TPSA) is 58.1 Å². The maximum absolute atomic E-state index is 12.5. The first kappa shape index (κ1) is 18.0. The summed E-state index contributed by atoms with van der Waals surface area (Å²) < 4.78 is 0. The SMILES string of the molecule is CC(Sc1ccccc1Cl)C(=O)NC1CCN(c2ncccn2)CC1. The molecule has 1 amide bonds. The van der Waals surface area contributed by atoms with Gasteiger partial charge in [0, 0.05) is 36.4 Å². The number of hydrogen-bond donors (Lipinski definition) is 1. The van der Waals surface area contributed by atoms with Crippen molar-refractivity contribution in [2.75, 3.05) is 18.0 Å². The normalized spacial score (nSPS) is 16.5. The largest absolute Gasteiger partial charge is 0.352 e. The number of amides is 1. The Balaban J connectivity index is 1.48. The highest BCUT2D eigenvalue weighted by Gasteiger charge is 2.24. The van der Waals surface area contributed by atoms with E-state index in [1.807, 2.05) is 37.3 Å². The Morgan fingerprint density at radius 2 is 1.92 bits per heavy atom. The number of piperidine rings is 1. The fraction of sp³-hybridized carbons (Fsp3) is 0.389. The van der Waals surface area contributed by atoms with Crippen molar-refractivity contribution in [1.82, 2.24) is 15.3 Å². The Morgan fingerprint density at radius 3 is 2.60 bits per heavy atom. The zero-order valence-corrected chi connectivity index (χ0v) is 15.6. The molecule has 1 N–H and O–H groups in total. The van der Waals surface area contributed by atoms with E-state index in [9.17, 15) is 4.79 Å². The van der Waals surface area contributed by atoms with Crippen LogP contribution >= 0.6 is 23.4 Å². The van der Waals surface area contributed by atoms with Gasteiger partial charge < -0.3 is 10.2 Å². The smallest absolute Gasteiger partial charge is 0.233 e. The van der Waals surface area contributed by atoms with E-state index in [4.69, 9.17) is 11.6 Å². The van der Waals surface area contributed by atoms with Crippen LogP contribution in [0.4, 0.5) is 5.95 Å². The van der Waals surface area contributed by atoms with Crippen molar-refractivity contribution in [3.8, 4) is 0 Å². The molecule has 1 aromatic carbocycles. The van der Waals surface area contributed by atoms with Crippen LogP contribution in [0.2, 0.25) is 5.02 Å². The summed E-state index contributed by atoms with van der Waals surface area (Å²) >= 11 is 7.66. The molecule has 0 saturated carbocycles. The molecule has 1 aliphatic rings. The molecule has 0 radical (unpaired) electrons. The van der Waals surface area contributed by atoms with Gasteiger partial charge in [-0.25, -0.2) is 9.97 Å². The molecule has 2 aromatic rings. The Labute approximate surface area is 157 Å². The number of aromatic nitrogens is 2. The van der Waals surface area contributed by atoms with Gasteiger partial charge in [-0.2, -0.15) is 0 Å². The molecule has 132 valence electrons. The third kappa shape index (κ3) is 4.86. The van der Waals surface area contributed by atoms with Crippen LogP contribution in [-0.4, -0.2) is 40.3 Å². The maximum atomic E-state index is 12.5. The number of thioether (sulfide) groups is 1. The number of nitrogens with one attached hydrogen (secondary N) is 1. The Bertz CT molecular complexity index is 707. The highest BCUT2D eigenvalue weighted by molar-refractivity contribution is 8.00. The van der Waals surface area contributed by atoms with E-state index in [1.165, 1.54) is 11.8 Å². The first-order valence-electron chi connectivity index (χ1n) is 8.37. The highest BCUT2D eigenvalue weighted by Crippen LogP contribution is 2.30. The molecule has 1 aliphatic heterocycles. The number of hydrogen-bond acceptors (Lipinski definition) is 5. The van der Waals surface area contributed by atoms with Gasteiger partial charge in [0.05, 0.1) is 10.3 Å². The molecule has 0 aliphatic carbocycles. The molecule has 1 saturated heterocycles. The molecule has 1 fully saturated rings. The Kier molecular flexibility index (Phi) is 6.15. The van der Waals surface area contributed by atoms with Crippen LogP contribution in [0.25, 0.3) is 0 Å². The van der Waals surface area contributed by atoms with Crippen LogP contribution in [-0.2, 0) is 4.79 Å². The number of nitrogens with zero attached hydrogens (tertiary/aromatic N) is 3. The van der Waals surface area contributed by atoms with Crippen molar-refractivity contribution in [3.05, 3.63) is 47.7 Å². The van der Waals surface area contributed by atoms with Crippen molar-refractivity contribution >= 4 is 35.2 Å². The second-order valence-electron chi connectivity index (χ2n) is 6.01. The van der Waals surface area contributed by atoms with Gasteiger partial charge in [-0.3, -0.25) is 4.79 Å². The quantitative estimate of drug-likeness (QED) is 0.810. The first-order valence-corrected chi connectivity index (χ1v) is 9.63. The minimum Gasteiger partial charge on any atom is -0.352 e. The van der Waals surface area contributed by atoms with Gasteiger partial charge in [0.2, 0.25) is 11.9 Å². The van der Waals surface area contributed by atoms with Crippen molar-refractivity contribution in [2.24, 2.45) is 0 Å². The zero-order valence-electron chi connectivity index (χ0n) is 14.1. The number of benzene rings is 1. The molecule has 2 heterocycles. The average molecular weight is 377 g/mol. The third-order valence-electron chi connectivity index (χ3n) is 4.19. The molecular formula is C18H21ClN4OS. The van der Waals surface area contributed by atoms with Crippen LogP contribution in [0, 0.1) is 0 Å². The van der Waals surface area contributed by atoms with Gasteiger partial charge >= 0.3 is 0 Å². The fourth-order valence-electron chi connectivity index (χ4n) is 2.78. The lowest BCUT2D eigenvalue weighted by Gasteiger charge is -2.32. The second-order valence-corrected chi connectivity index (χ2v) is 7.80. The van der Waals surface area contributed by atoms with E-state index in [0.717, 1.165) is 36.8 Å². The molecule has 5 nitrogen and oxygen atoms in total. The summed E-state index contributed by atoms with van der Waals surface area (Å²) in [4.78, 5) is 24.1. The van der Waals surface area contributed by atoms with Gasteiger partial charge in [0.1, 0.15) is 0 Å². The molecule has 0 bridgehead atoms. The summed E-state index contributed by atoms with van der Waals surface area (Å²) in [6.45, 7) is 3.61. The number of halogens is 1. The third-order valence-corrected chi connectivity index (χ3v) is 5.81. The van der Waals surface area contributed by atoms with E-state index >= 15 is 0 Å². The van der Waals surface area contributed by atoms with Crippen LogP contribution in [0.15, 0.2) is 47.6 Å². The lowest BCUT2D eigenvalue weighted by atomic mass is 10.1. The summed E-state index contributed by atoms with van der Waals surface area (Å²) in [5, 5.41) is 3.66. The number of carbonyl (C=O) groups is 1. The summed E-state index contributed by atoms with van der Waals surface area (Å²) in [6.07, 6.45) is 5.30. The van der Waals surface area contributed by atoms with Crippen molar-refractivity contribution < 1.29 is 4.79 Å². The van der Waals surface area contributed by atoms with Gasteiger partial charge in [-0.05, 0) is 38.0 Å². The number of carbonyl (C=O) groups excluding carboxylic acids is 1. The van der Waals surface area contributed by atoms with Crippen LogP contribution in [0.1, 0.15) is 19.8 Å². The first-order chi connectivity index (χ1) is 12.1. The van der Waals surface area contributed by atoms with Crippen molar-refractivity contribution in [2.45, 2.75) is 36.0 Å². The van der Waals surface area contributed by atoms with E-state index < -0.39 is 0 Å². The molecule has 25 heavy (non-hydrogen) atoms. The molecule has 1 unspecified atom stereocenters. The number of anilines is 1. The number of rotatable bonds is 5. The maximum Gasteiger partial charge on any atom is 0.233 e. The lowest BCUT2D eigenvalue weighted by Crippen LogP contribution is -2.47. The van der Waals surface area contributed by atoms with E-state index in [-0.39, 0.29) is 17.2 Å². The Morgan fingerprint density at radius 1 is 1.24 bits per heavy atom. The average Bonchev–Trinajstić information content (AvgIpc) is 2.65. The molecule has 0 spiro atoms. The van der Waals surface area contributed by atoms with Crippen molar-refractivity contribution in [3.63, 3.8) is 0 Å². The summed E-state index contributed by atoms with van der Waals surface area (Å²) in [5.41, 5.74) is 0. The zero-order chi connectivity index (χ0) is 17.6. The predicted octanol–water partition coefficient (Wildman–Crippen LogP) is 3.40. The van der Waals surface area contributed by atoms with Crippen molar-refractivity contribution in [1.29, 1.82) is 0 Å². The molecule has 3 rings (SSSR count). The summed E-state index contributed by atoms with van der Waals surface area (Å²) in [7, 11) is 0. The summed E-state index contributed by atoms with van der Waals surface area (Å²) in [6, 6.07) is 9.61.